The van der Waals surface area contributed by atoms with Gasteiger partial charge in [0.2, 0.25) is 0 Å². The molecule has 0 bridgehead atoms. The van der Waals surface area contributed by atoms with Gasteiger partial charge < -0.3 is 14.7 Å². The molecule has 4 rings (SSSR count). The van der Waals surface area contributed by atoms with E-state index in [0.29, 0.717) is 24.3 Å². The zero-order valence-corrected chi connectivity index (χ0v) is 16.5. The van der Waals surface area contributed by atoms with Crippen LogP contribution in [0.2, 0.25) is 0 Å². The number of nitrogens with zero attached hydrogens (tertiary/aromatic N) is 2. The Morgan fingerprint density at radius 1 is 1.04 bits per heavy atom. The Balaban J connectivity index is 0.00000109. The topological polar surface area (TPSA) is 62.7 Å². The number of carbonyl (C=O) groups is 1. The third-order valence-corrected chi connectivity index (χ3v) is 4.69. The van der Waals surface area contributed by atoms with Crippen molar-refractivity contribution in [2.24, 2.45) is 0 Å². The van der Waals surface area contributed by atoms with E-state index in [4.69, 9.17) is 4.74 Å². The maximum atomic E-state index is 12.8. The number of aromatic hydroxyl groups is 1. The number of hydrogen-bond donors (Lipinski definition) is 1. The molecule has 0 radical (unpaired) electrons. The summed E-state index contributed by atoms with van der Waals surface area (Å²) in [5, 5.41) is 10.8. The van der Waals surface area contributed by atoms with E-state index in [1.807, 2.05) is 42.5 Å². The maximum Gasteiger partial charge on any atom is 0.272 e. The van der Waals surface area contributed by atoms with Crippen LogP contribution in [0.5, 0.6) is 11.5 Å². The normalized spacial score (nSPS) is 14.3. The molecule has 5 nitrogen and oxygen atoms in total. The van der Waals surface area contributed by atoms with Crippen molar-refractivity contribution in [2.45, 2.75) is 18.9 Å². The van der Waals surface area contributed by atoms with E-state index in [2.05, 4.69) is 16.6 Å². The molecule has 1 fully saturated rings. The number of piperidine rings is 1. The molecule has 2 aromatic carbocycles. The number of aromatic nitrogens is 1. The molecule has 0 atom stereocenters. The first kappa shape index (κ1) is 20.0. The van der Waals surface area contributed by atoms with Gasteiger partial charge in [0, 0.05) is 37.7 Å². The Morgan fingerprint density at radius 3 is 2.46 bits per heavy atom. The van der Waals surface area contributed by atoms with Crippen LogP contribution in [0.15, 0.2) is 60.7 Å². The van der Waals surface area contributed by atoms with Crippen molar-refractivity contribution < 1.29 is 14.6 Å². The Labute approximate surface area is 169 Å². The predicted octanol–water partition coefficient (Wildman–Crippen LogP) is 4.48. The monoisotopic (exact) mass is 398 g/mol. The first-order valence-corrected chi connectivity index (χ1v) is 9.94. The third-order valence-electron chi connectivity index (χ3n) is 4.69. The van der Waals surface area contributed by atoms with Crippen LogP contribution in [0.1, 0.15) is 23.3 Å². The molecule has 0 aliphatic carbocycles. The van der Waals surface area contributed by atoms with Crippen molar-refractivity contribution >= 4 is 28.4 Å². The molecular weight excluding hydrogens is 376 g/mol. The molecule has 28 heavy (non-hydrogen) atoms. The molecule has 1 saturated heterocycles. The number of likely N-dealkylation sites (tertiary alicyclic amines) is 1. The number of phenolic OH excluding ortho intramolecular Hbond substituents is 1. The number of pyridine rings is 1. The van der Waals surface area contributed by atoms with Crippen molar-refractivity contribution in [1.29, 1.82) is 0 Å². The second-order valence-electron chi connectivity index (χ2n) is 6.47. The van der Waals surface area contributed by atoms with Gasteiger partial charge in [0.15, 0.2) is 0 Å². The van der Waals surface area contributed by atoms with Gasteiger partial charge in [0.25, 0.3) is 5.91 Å². The maximum absolute atomic E-state index is 12.8. The Bertz CT molecular complexity index is 925. The van der Waals surface area contributed by atoms with Crippen LogP contribution in [0.3, 0.4) is 0 Å². The van der Waals surface area contributed by atoms with Gasteiger partial charge in [-0.25, -0.2) is 4.98 Å². The summed E-state index contributed by atoms with van der Waals surface area (Å²) >= 11 is 4.64. The Hall–Kier alpha value is -2.79. The van der Waals surface area contributed by atoms with Crippen LogP contribution >= 0.6 is 11.6 Å². The van der Waals surface area contributed by atoms with Crippen LogP contribution in [-0.2, 0) is 0 Å². The molecule has 0 saturated carbocycles. The van der Waals surface area contributed by atoms with E-state index in [0.717, 1.165) is 24.0 Å². The number of halogens is 1. The SMILES string of the molecule is CCl.O=C(c1ccc2cccc(O)c2n1)N1CCC(Oc2ccccc2)CC1. The molecule has 1 N–H and O–H groups in total. The lowest BCUT2D eigenvalue weighted by Gasteiger charge is -2.32. The summed E-state index contributed by atoms with van der Waals surface area (Å²) in [6.45, 7) is 1.27. The third kappa shape index (κ3) is 4.54. The van der Waals surface area contributed by atoms with Crippen LogP contribution in [0.25, 0.3) is 10.9 Å². The minimum Gasteiger partial charge on any atom is -0.506 e. The van der Waals surface area contributed by atoms with Gasteiger partial charge in [-0.3, -0.25) is 4.79 Å². The number of fused-ring (bicyclic) bond motifs is 1. The van der Waals surface area contributed by atoms with E-state index < -0.39 is 0 Å². The summed E-state index contributed by atoms with van der Waals surface area (Å²) in [6.07, 6.45) is 3.17. The highest BCUT2D eigenvalue weighted by Crippen LogP contribution is 2.24. The first-order valence-electron chi connectivity index (χ1n) is 9.18. The van der Waals surface area contributed by atoms with Crippen molar-refractivity contribution in [2.75, 3.05) is 19.5 Å². The van der Waals surface area contributed by atoms with Crippen molar-refractivity contribution in [3.63, 3.8) is 0 Å². The molecule has 1 amide bonds. The predicted molar refractivity (Wildman–Crippen MR) is 111 cm³/mol. The number of alkyl halides is 1. The van der Waals surface area contributed by atoms with Crippen LogP contribution in [0, 0.1) is 0 Å². The fraction of sp³-hybridized carbons (Fsp3) is 0.273. The molecule has 2 heterocycles. The molecule has 3 aromatic rings. The second kappa shape index (κ2) is 9.42. The van der Waals surface area contributed by atoms with Gasteiger partial charge in [-0.15, -0.1) is 11.6 Å². The smallest absolute Gasteiger partial charge is 0.272 e. The molecular formula is C22H23ClN2O3. The molecule has 6 heteroatoms. The van der Waals surface area contributed by atoms with Gasteiger partial charge in [0.1, 0.15) is 28.8 Å². The number of ether oxygens (including phenoxy) is 1. The Morgan fingerprint density at radius 2 is 1.75 bits per heavy atom. The standard InChI is InChI=1S/C21H20N2O3.CH3Cl/c24-19-8-4-5-15-9-10-18(22-20(15)19)21(25)23-13-11-17(12-14-23)26-16-6-2-1-3-7-16;1-2/h1-10,17,24H,11-14H2;1H3. The first-order chi connectivity index (χ1) is 13.7. The molecule has 0 spiro atoms. The summed E-state index contributed by atoms with van der Waals surface area (Å²) in [7, 11) is 0. The van der Waals surface area contributed by atoms with E-state index in [1.54, 1.807) is 23.1 Å². The molecule has 146 valence electrons. The van der Waals surface area contributed by atoms with E-state index >= 15 is 0 Å². The number of phenols is 1. The number of hydrogen-bond acceptors (Lipinski definition) is 4. The van der Waals surface area contributed by atoms with Crippen LogP contribution < -0.4 is 4.74 Å². The van der Waals surface area contributed by atoms with Crippen LogP contribution in [0.4, 0.5) is 0 Å². The zero-order chi connectivity index (χ0) is 19.9. The van der Waals surface area contributed by atoms with E-state index in [-0.39, 0.29) is 17.8 Å². The lowest BCUT2D eigenvalue weighted by Crippen LogP contribution is -2.42. The molecule has 1 aliphatic rings. The summed E-state index contributed by atoms with van der Waals surface area (Å²) < 4.78 is 5.98. The van der Waals surface area contributed by atoms with Crippen LogP contribution in [-0.4, -0.2) is 46.5 Å². The summed E-state index contributed by atoms with van der Waals surface area (Å²) in [5.41, 5.74) is 0.821. The fourth-order valence-electron chi connectivity index (χ4n) is 3.28. The van der Waals surface area contributed by atoms with Crippen molar-refractivity contribution in [3.8, 4) is 11.5 Å². The fourth-order valence-corrected chi connectivity index (χ4v) is 3.28. The highest BCUT2D eigenvalue weighted by atomic mass is 35.5. The van der Waals surface area contributed by atoms with E-state index in [9.17, 15) is 9.90 Å². The molecule has 0 unspecified atom stereocenters. The minimum atomic E-state index is -0.103. The molecule has 1 aliphatic heterocycles. The number of amides is 1. The second-order valence-corrected chi connectivity index (χ2v) is 6.47. The van der Waals surface area contributed by atoms with Gasteiger partial charge in [-0.05, 0) is 24.3 Å². The van der Waals surface area contributed by atoms with Gasteiger partial charge in [-0.1, -0.05) is 36.4 Å². The average molecular weight is 399 g/mol. The van der Waals surface area contributed by atoms with Gasteiger partial charge >= 0.3 is 0 Å². The number of rotatable bonds is 3. The van der Waals surface area contributed by atoms with Crippen molar-refractivity contribution in [1.82, 2.24) is 9.88 Å². The summed E-state index contributed by atoms with van der Waals surface area (Å²) in [6, 6.07) is 18.5. The average Bonchev–Trinajstić information content (AvgIpc) is 2.76. The van der Waals surface area contributed by atoms with Crippen molar-refractivity contribution in [3.05, 3.63) is 66.4 Å². The lowest BCUT2D eigenvalue weighted by molar-refractivity contribution is 0.0590. The summed E-state index contributed by atoms with van der Waals surface area (Å²) in [5.74, 6) is 0.851. The number of carbonyl (C=O) groups excluding carboxylic acids is 1. The lowest BCUT2D eigenvalue weighted by atomic mass is 10.1. The number of benzene rings is 2. The van der Waals surface area contributed by atoms with Gasteiger partial charge in [0.05, 0.1) is 0 Å². The summed E-state index contributed by atoms with van der Waals surface area (Å²) in [4.78, 5) is 18.9. The Kier molecular flexibility index (Phi) is 6.71. The minimum absolute atomic E-state index is 0.0899. The highest BCUT2D eigenvalue weighted by molar-refractivity contribution is 6.15. The highest BCUT2D eigenvalue weighted by Gasteiger charge is 2.25. The zero-order valence-electron chi connectivity index (χ0n) is 15.7. The quantitative estimate of drug-likeness (QED) is 0.661. The van der Waals surface area contributed by atoms with E-state index in [1.165, 1.54) is 6.38 Å². The molecule has 1 aromatic heterocycles. The largest absolute Gasteiger partial charge is 0.506 e. The number of para-hydroxylation sites is 2. The van der Waals surface area contributed by atoms with Gasteiger partial charge in [-0.2, -0.15) is 0 Å².